The van der Waals surface area contributed by atoms with E-state index in [-0.39, 0.29) is 5.91 Å². The number of rotatable bonds is 3. The normalized spacial score (nSPS) is 23.0. The number of hydrazine groups is 1. The minimum absolute atomic E-state index is 0.0864. The minimum Gasteiger partial charge on any atom is -0.350 e. The quantitative estimate of drug-likeness (QED) is 0.725. The maximum absolute atomic E-state index is 12.4. The molecular formula is C20H29N3O. The lowest BCUT2D eigenvalue weighted by Gasteiger charge is -2.22. The molecule has 0 aliphatic heterocycles. The number of fused-ring (bicyclic) bond motifs is 1. The smallest absolute Gasteiger partial charge is 0.281 e. The van der Waals surface area contributed by atoms with Crippen LogP contribution in [0.4, 0.5) is 0 Å². The zero-order valence-corrected chi connectivity index (χ0v) is 14.6. The monoisotopic (exact) mass is 327 g/mol. The standard InChI is InChI=1S/C20H29N3O/c1-15-8-3-2-4-11-17(12-7-9-15)22-23-20(24)19-14-16-10-5-6-13-18(16)21-19/h5-6,10,13-15,17,21-22H,2-4,7-9,11-12H2,1H3,(H,23,24). The number of aromatic amines is 1. The van der Waals surface area contributed by atoms with Gasteiger partial charge in [0.25, 0.3) is 5.91 Å². The molecule has 1 saturated carbocycles. The van der Waals surface area contributed by atoms with E-state index in [0.29, 0.717) is 11.7 Å². The van der Waals surface area contributed by atoms with Crippen LogP contribution in [0.15, 0.2) is 30.3 Å². The molecule has 4 nitrogen and oxygen atoms in total. The van der Waals surface area contributed by atoms with Crippen molar-refractivity contribution < 1.29 is 4.79 Å². The first-order chi connectivity index (χ1) is 11.7. The lowest BCUT2D eigenvalue weighted by atomic mass is 9.92. The SMILES string of the molecule is CC1CCCCCC(NNC(=O)c2cc3ccccc3[nH]2)CCC1. The van der Waals surface area contributed by atoms with Gasteiger partial charge < -0.3 is 4.98 Å². The van der Waals surface area contributed by atoms with Crippen molar-refractivity contribution in [3.05, 3.63) is 36.0 Å². The third kappa shape index (κ3) is 4.60. The van der Waals surface area contributed by atoms with Gasteiger partial charge in [-0.25, -0.2) is 5.43 Å². The van der Waals surface area contributed by atoms with E-state index in [2.05, 4.69) is 22.8 Å². The molecule has 1 amide bonds. The van der Waals surface area contributed by atoms with Gasteiger partial charge in [-0.3, -0.25) is 10.2 Å². The van der Waals surface area contributed by atoms with Crippen molar-refractivity contribution in [3.8, 4) is 0 Å². The molecule has 2 aromatic rings. The maximum Gasteiger partial charge on any atom is 0.281 e. The van der Waals surface area contributed by atoms with Crippen molar-refractivity contribution in [2.24, 2.45) is 5.92 Å². The minimum atomic E-state index is -0.0864. The van der Waals surface area contributed by atoms with E-state index in [1.807, 2.05) is 30.3 Å². The molecule has 1 aromatic carbocycles. The molecule has 130 valence electrons. The van der Waals surface area contributed by atoms with Crippen LogP contribution in [0.1, 0.15) is 68.8 Å². The summed E-state index contributed by atoms with van der Waals surface area (Å²) in [5, 5.41) is 1.07. The molecule has 0 radical (unpaired) electrons. The molecule has 4 heteroatoms. The van der Waals surface area contributed by atoms with Gasteiger partial charge in [0, 0.05) is 16.9 Å². The average Bonchev–Trinajstić information content (AvgIpc) is 3.03. The van der Waals surface area contributed by atoms with Crippen LogP contribution >= 0.6 is 0 Å². The number of carbonyl (C=O) groups is 1. The molecule has 1 aliphatic carbocycles. The second-order valence-corrected chi connectivity index (χ2v) is 7.24. The third-order valence-electron chi connectivity index (χ3n) is 5.16. The molecule has 2 unspecified atom stereocenters. The third-order valence-corrected chi connectivity index (χ3v) is 5.16. The molecule has 1 aliphatic rings. The number of para-hydroxylation sites is 1. The van der Waals surface area contributed by atoms with E-state index in [9.17, 15) is 4.79 Å². The molecule has 3 N–H and O–H groups in total. The van der Waals surface area contributed by atoms with Gasteiger partial charge in [-0.2, -0.15) is 0 Å². The van der Waals surface area contributed by atoms with Crippen LogP contribution in [0, 0.1) is 5.92 Å². The topological polar surface area (TPSA) is 56.9 Å². The number of nitrogens with one attached hydrogen (secondary N) is 3. The largest absolute Gasteiger partial charge is 0.350 e. The van der Waals surface area contributed by atoms with Crippen LogP contribution in [0.2, 0.25) is 0 Å². The molecular weight excluding hydrogens is 298 g/mol. The van der Waals surface area contributed by atoms with Crippen LogP contribution < -0.4 is 10.9 Å². The van der Waals surface area contributed by atoms with Crippen molar-refractivity contribution >= 4 is 16.8 Å². The highest BCUT2D eigenvalue weighted by Gasteiger charge is 2.14. The van der Waals surface area contributed by atoms with Gasteiger partial charge in [0.15, 0.2) is 0 Å². The Bertz CT molecular complexity index is 631. The molecule has 0 saturated heterocycles. The van der Waals surface area contributed by atoms with E-state index < -0.39 is 0 Å². The summed E-state index contributed by atoms with van der Waals surface area (Å²) in [6.07, 6.45) is 10.1. The first kappa shape index (κ1) is 17.0. The highest BCUT2D eigenvalue weighted by Crippen LogP contribution is 2.21. The summed E-state index contributed by atoms with van der Waals surface area (Å²) in [6.45, 7) is 2.36. The van der Waals surface area contributed by atoms with Gasteiger partial charge >= 0.3 is 0 Å². The average molecular weight is 327 g/mol. The molecule has 3 rings (SSSR count). The Labute approximate surface area is 144 Å². The lowest BCUT2D eigenvalue weighted by Crippen LogP contribution is -2.44. The maximum atomic E-state index is 12.4. The molecule has 1 heterocycles. The number of aromatic nitrogens is 1. The Kier molecular flexibility index (Phi) is 5.91. The molecule has 0 spiro atoms. The van der Waals surface area contributed by atoms with Gasteiger partial charge in [0.1, 0.15) is 5.69 Å². The predicted octanol–water partition coefficient (Wildman–Crippen LogP) is 4.54. The van der Waals surface area contributed by atoms with E-state index in [4.69, 9.17) is 0 Å². The number of H-pyrrole nitrogens is 1. The number of carbonyl (C=O) groups excluding carboxylic acids is 1. The van der Waals surface area contributed by atoms with Crippen LogP contribution in [-0.2, 0) is 0 Å². The van der Waals surface area contributed by atoms with E-state index in [1.54, 1.807) is 0 Å². The lowest BCUT2D eigenvalue weighted by molar-refractivity contribution is 0.0917. The van der Waals surface area contributed by atoms with Crippen LogP contribution in [0.25, 0.3) is 10.9 Å². The Hall–Kier alpha value is -1.81. The van der Waals surface area contributed by atoms with Gasteiger partial charge in [-0.05, 0) is 30.9 Å². The number of hydrogen-bond donors (Lipinski definition) is 3. The zero-order valence-electron chi connectivity index (χ0n) is 14.6. The highest BCUT2D eigenvalue weighted by atomic mass is 16.2. The van der Waals surface area contributed by atoms with Crippen LogP contribution in [0.5, 0.6) is 0 Å². The van der Waals surface area contributed by atoms with E-state index >= 15 is 0 Å². The summed E-state index contributed by atoms with van der Waals surface area (Å²) in [6, 6.07) is 10.2. The summed E-state index contributed by atoms with van der Waals surface area (Å²) in [5.74, 6) is 0.751. The number of benzene rings is 1. The summed E-state index contributed by atoms with van der Waals surface area (Å²) < 4.78 is 0. The first-order valence-electron chi connectivity index (χ1n) is 9.36. The van der Waals surface area contributed by atoms with Gasteiger partial charge in [0.05, 0.1) is 0 Å². The number of amides is 1. The van der Waals surface area contributed by atoms with Crippen molar-refractivity contribution in [2.45, 2.75) is 64.3 Å². The molecule has 24 heavy (non-hydrogen) atoms. The van der Waals surface area contributed by atoms with Gasteiger partial charge in [-0.15, -0.1) is 0 Å². The van der Waals surface area contributed by atoms with Crippen LogP contribution in [0.3, 0.4) is 0 Å². The van der Waals surface area contributed by atoms with Crippen molar-refractivity contribution in [1.82, 2.24) is 15.8 Å². The summed E-state index contributed by atoms with van der Waals surface area (Å²) in [4.78, 5) is 15.6. The van der Waals surface area contributed by atoms with Crippen molar-refractivity contribution in [1.29, 1.82) is 0 Å². The van der Waals surface area contributed by atoms with Crippen molar-refractivity contribution in [2.75, 3.05) is 0 Å². The summed E-state index contributed by atoms with van der Waals surface area (Å²) in [7, 11) is 0. The predicted molar refractivity (Wildman–Crippen MR) is 98.8 cm³/mol. The van der Waals surface area contributed by atoms with Crippen molar-refractivity contribution in [3.63, 3.8) is 0 Å². The fourth-order valence-corrected chi connectivity index (χ4v) is 3.64. The fraction of sp³-hybridized carbons (Fsp3) is 0.550. The Balaban J connectivity index is 1.53. The molecule has 2 atom stereocenters. The highest BCUT2D eigenvalue weighted by molar-refractivity contribution is 5.97. The zero-order chi connectivity index (χ0) is 16.8. The van der Waals surface area contributed by atoms with E-state index in [0.717, 1.165) is 29.7 Å². The second kappa shape index (κ2) is 8.34. The molecule has 1 fully saturated rings. The fourth-order valence-electron chi connectivity index (χ4n) is 3.64. The Morgan fingerprint density at radius 3 is 2.67 bits per heavy atom. The van der Waals surface area contributed by atoms with Crippen LogP contribution in [-0.4, -0.2) is 16.9 Å². The second-order valence-electron chi connectivity index (χ2n) is 7.24. The molecule has 0 bridgehead atoms. The molecule has 1 aromatic heterocycles. The summed E-state index contributed by atoms with van der Waals surface area (Å²) in [5.41, 5.74) is 7.78. The number of hydrogen-bond acceptors (Lipinski definition) is 2. The van der Waals surface area contributed by atoms with Gasteiger partial charge in [-0.1, -0.05) is 63.6 Å². The van der Waals surface area contributed by atoms with E-state index in [1.165, 1.54) is 38.5 Å². The Morgan fingerprint density at radius 2 is 1.79 bits per heavy atom. The first-order valence-corrected chi connectivity index (χ1v) is 9.36. The summed E-state index contributed by atoms with van der Waals surface area (Å²) >= 11 is 0. The van der Waals surface area contributed by atoms with Gasteiger partial charge in [0.2, 0.25) is 0 Å². The Morgan fingerprint density at radius 1 is 1.04 bits per heavy atom.